The number of sulfonamides is 1. The Bertz CT molecular complexity index is 768. The van der Waals surface area contributed by atoms with E-state index in [1.807, 2.05) is 0 Å². The molecule has 0 fully saturated rings. The van der Waals surface area contributed by atoms with Crippen molar-refractivity contribution in [1.29, 1.82) is 0 Å². The Kier molecular flexibility index (Phi) is 3.43. The third kappa shape index (κ3) is 2.60. The molecule has 3 N–H and O–H groups in total. The molecular formula is C12H15FN4O2S. The zero-order chi connectivity index (χ0) is 15.1. The third-order valence-electron chi connectivity index (χ3n) is 2.87. The second kappa shape index (κ2) is 4.78. The molecular weight excluding hydrogens is 283 g/mol. The van der Waals surface area contributed by atoms with E-state index < -0.39 is 20.7 Å². The minimum Gasteiger partial charge on any atom is -0.398 e. The number of nitrogens with zero attached hydrogens (tertiary/aromatic N) is 2. The van der Waals surface area contributed by atoms with Gasteiger partial charge in [-0.1, -0.05) is 0 Å². The highest BCUT2D eigenvalue weighted by Crippen LogP contribution is 2.24. The molecule has 1 heterocycles. The Morgan fingerprint density at radius 3 is 2.55 bits per heavy atom. The Balaban J connectivity index is 2.46. The summed E-state index contributed by atoms with van der Waals surface area (Å²) >= 11 is 0. The first-order valence-electron chi connectivity index (χ1n) is 5.79. The Morgan fingerprint density at radius 2 is 2.00 bits per heavy atom. The first-order chi connectivity index (χ1) is 9.20. The molecule has 0 bridgehead atoms. The van der Waals surface area contributed by atoms with Crippen molar-refractivity contribution in [2.24, 2.45) is 7.05 Å². The van der Waals surface area contributed by atoms with Gasteiger partial charge in [0, 0.05) is 18.9 Å². The van der Waals surface area contributed by atoms with Crippen molar-refractivity contribution in [3.63, 3.8) is 0 Å². The van der Waals surface area contributed by atoms with Gasteiger partial charge < -0.3 is 5.73 Å². The van der Waals surface area contributed by atoms with Gasteiger partial charge in [0.05, 0.1) is 11.4 Å². The molecule has 0 aliphatic heterocycles. The molecule has 0 radical (unpaired) electrons. The molecule has 20 heavy (non-hydrogen) atoms. The highest BCUT2D eigenvalue weighted by molar-refractivity contribution is 7.92. The molecule has 0 unspecified atom stereocenters. The number of aryl methyl sites for hydroxylation is 3. The smallest absolute Gasteiger partial charge is 0.265 e. The van der Waals surface area contributed by atoms with Crippen LogP contribution in [-0.4, -0.2) is 18.2 Å². The second-order valence-electron chi connectivity index (χ2n) is 4.55. The highest BCUT2D eigenvalue weighted by atomic mass is 32.2. The Labute approximate surface area is 116 Å². The van der Waals surface area contributed by atoms with Gasteiger partial charge in [-0.05, 0) is 31.5 Å². The number of nitrogen functional groups attached to an aromatic ring is 1. The summed E-state index contributed by atoms with van der Waals surface area (Å²) in [5.41, 5.74) is 7.13. The van der Waals surface area contributed by atoms with E-state index in [1.165, 1.54) is 10.9 Å². The Morgan fingerprint density at radius 1 is 1.35 bits per heavy atom. The van der Waals surface area contributed by atoms with Crippen LogP contribution in [0.25, 0.3) is 0 Å². The summed E-state index contributed by atoms with van der Waals surface area (Å²) in [4.78, 5) is -0.483. The van der Waals surface area contributed by atoms with Gasteiger partial charge in [0.2, 0.25) is 0 Å². The van der Waals surface area contributed by atoms with Crippen molar-refractivity contribution < 1.29 is 12.8 Å². The van der Waals surface area contributed by atoms with Crippen molar-refractivity contribution in [2.75, 3.05) is 10.5 Å². The van der Waals surface area contributed by atoms with Gasteiger partial charge in [-0.3, -0.25) is 9.40 Å². The lowest BCUT2D eigenvalue weighted by Gasteiger charge is -2.10. The van der Waals surface area contributed by atoms with Gasteiger partial charge in [0.15, 0.2) is 0 Å². The standard InChI is InChI=1S/C12H15FN4O2S/c1-7-4-9(13)12(5-10(7)14)20(18,19)16-11-6-17(3)15-8(11)2/h4-6,16H,14H2,1-3H3. The van der Waals surface area contributed by atoms with Crippen molar-refractivity contribution in [3.05, 3.63) is 35.4 Å². The van der Waals surface area contributed by atoms with Gasteiger partial charge in [0.25, 0.3) is 10.0 Å². The zero-order valence-electron chi connectivity index (χ0n) is 11.3. The zero-order valence-corrected chi connectivity index (χ0v) is 12.1. The van der Waals surface area contributed by atoms with E-state index >= 15 is 0 Å². The number of nitrogens with one attached hydrogen (secondary N) is 1. The molecule has 108 valence electrons. The average molecular weight is 298 g/mol. The summed E-state index contributed by atoms with van der Waals surface area (Å²) in [6.07, 6.45) is 1.50. The van der Waals surface area contributed by atoms with Gasteiger partial charge in [0.1, 0.15) is 10.7 Å². The molecule has 6 nitrogen and oxygen atoms in total. The summed E-state index contributed by atoms with van der Waals surface area (Å²) in [6.45, 7) is 3.26. The normalized spacial score (nSPS) is 11.6. The van der Waals surface area contributed by atoms with E-state index in [0.29, 0.717) is 16.9 Å². The van der Waals surface area contributed by atoms with E-state index in [9.17, 15) is 12.8 Å². The first kappa shape index (κ1) is 14.3. The van der Waals surface area contributed by atoms with E-state index in [0.717, 1.165) is 12.1 Å². The quantitative estimate of drug-likeness (QED) is 0.841. The van der Waals surface area contributed by atoms with E-state index in [4.69, 9.17) is 5.73 Å². The van der Waals surface area contributed by atoms with E-state index in [1.54, 1.807) is 20.9 Å². The number of anilines is 2. The van der Waals surface area contributed by atoms with Crippen molar-refractivity contribution >= 4 is 21.4 Å². The fourth-order valence-corrected chi connectivity index (χ4v) is 2.97. The summed E-state index contributed by atoms with van der Waals surface area (Å²) < 4.78 is 42.0. The largest absolute Gasteiger partial charge is 0.398 e. The van der Waals surface area contributed by atoms with Crippen LogP contribution in [0.5, 0.6) is 0 Å². The maximum Gasteiger partial charge on any atom is 0.265 e. The summed E-state index contributed by atoms with van der Waals surface area (Å²) in [7, 11) is -2.39. The molecule has 0 saturated heterocycles. The minimum absolute atomic E-state index is 0.217. The van der Waals surface area contributed by atoms with Crippen LogP contribution < -0.4 is 10.5 Å². The fraction of sp³-hybridized carbons (Fsp3) is 0.250. The lowest BCUT2D eigenvalue weighted by Crippen LogP contribution is -2.15. The number of rotatable bonds is 3. The first-order valence-corrected chi connectivity index (χ1v) is 7.27. The molecule has 2 aromatic rings. The van der Waals surface area contributed by atoms with Crippen molar-refractivity contribution in [2.45, 2.75) is 18.7 Å². The molecule has 8 heteroatoms. The number of halogens is 1. The number of hydrogen-bond acceptors (Lipinski definition) is 4. The van der Waals surface area contributed by atoms with Crippen LogP contribution in [0, 0.1) is 19.7 Å². The number of nitrogens with two attached hydrogens (primary N) is 1. The molecule has 0 atom stereocenters. The fourth-order valence-electron chi connectivity index (χ4n) is 1.77. The number of hydrogen-bond donors (Lipinski definition) is 2. The molecule has 0 spiro atoms. The van der Waals surface area contributed by atoms with Gasteiger partial charge in [-0.25, -0.2) is 12.8 Å². The van der Waals surface area contributed by atoms with Crippen LogP contribution in [0.3, 0.4) is 0 Å². The minimum atomic E-state index is -4.05. The maximum atomic E-state index is 13.8. The van der Waals surface area contributed by atoms with Gasteiger partial charge in [-0.2, -0.15) is 5.10 Å². The molecule has 0 saturated carbocycles. The SMILES string of the molecule is Cc1cc(F)c(S(=O)(=O)Nc2cn(C)nc2C)cc1N. The summed E-state index contributed by atoms with van der Waals surface area (Å²) in [5, 5.41) is 4.01. The maximum absolute atomic E-state index is 13.8. The average Bonchev–Trinajstić information content (AvgIpc) is 2.61. The third-order valence-corrected chi connectivity index (χ3v) is 4.25. The summed E-state index contributed by atoms with van der Waals surface area (Å²) in [6, 6.07) is 2.21. The molecule has 0 amide bonds. The van der Waals surface area contributed by atoms with Gasteiger partial charge in [-0.15, -0.1) is 0 Å². The monoisotopic (exact) mass is 298 g/mol. The predicted molar refractivity (Wildman–Crippen MR) is 74.3 cm³/mol. The van der Waals surface area contributed by atoms with Crippen LogP contribution in [0.15, 0.2) is 23.2 Å². The van der Waals surface area contributed by atoms with Crippen LogP contribution in [0.2, 0.25) is 0 Å². The van der Waals surface area contributed by atoms with Crippen molar-refractivity contribution in [1.82, 2.24) is 9.78 Å². The van der Waals surface area contributed by atoms with Crippen LogP contribution in [0.4, 0.5) is 15.8 Å². The Hall–Kier alpha value is -2.09. The molecule has 1 aromatic carbocycles. The van der Waals surface area contributed by atoms with Crippen LogP contribution in [0.1, 0.15) is 11.3 Å². The highest BCUT2D eigenvalue weighted by Gasteiger charge is 2.22. The van der Waals surface area contributed by atoms with Gasteiger partial charge >= 0.3 is 0 Å². The lowest BCUT2D eigenvalue weighted by molar-refractivity contribution is 0.570. The molecule has 0 aliphatic carbocycles. The van der Waals surface area contributed by atoms with E-state index in [-0.39, 0.29) is 5.69 Å². The topological polar surface area (TPSA) is 90.0 Å². The molecule has 0 aliphatic rings. The number of aromatic nitrogens is 2. The molecule has 2 rings (SSSR count). The predicted octanol–water partition coefficient (Wildman–Crippen LogP) is 1.56. The van der Waals surface area contributed by atoms with E-state index in [2.05, 4.69) is 9.82 Å². The van der Waals surface area contributed by atoms with Crippen LogP contribution in [-0.2, 0) is 17.1 Å². The van der Waals surface area contributed by atoms with Crippen molar-refractivity contribution in [3.8, 4) is 0 Å². The summed E-state index contributed by atoms with van der Waals surface area (Å²) in [5.74, 6) is -0.842. The number of benzene rings is 1. The lowest BCUT2D eigenvalue weighted by atomic mass is 10.2. The molecule has 1 aromatic heterocycles. The van der Waals surface area contributed by atoms with Crippen LogP contribution >= 0.6 is 0 Å². The second-order valence-corrected chi connectivity index (χ2v) is 6.20.